The number of hydrogen-bond acceptors (Lipinski definition) is 7. The van der Waals surface area contributed by atoms with Gasteiger partial charge in [-0.3, -0.25) is 9.69 Å². The number of rotatable bonds is 5. The van der Waals surface area contributed by atoms with Crippen molar-refractivity contribution in [3.8, 4) is 21.8 Å². The highest BCUT2D eigenvalue weighted by atomic mass is 32.1. The zero-order valence-electron chi connectivity index (χ0n) is 16.2. The van der Waals surface area contributed by atoms with E-state index in [2.05, 4.69) is 15.0 Å². The van der Waals surface area contributed by atoms with Crippen LogP contribution >= 0.6 is 22.7 Å². The first kappa shape index (κ1) is 19.2. The molecule has 0 saturated carbocycles. The van der Waals surface area contributed by atoms with Gasteiger partial charge in [0.15, 0.2) is 0 Å². The molecule has 6 nitrogen and oxygen atoms in total. The molecule has 1 saturated heterocycles. The van der Waals surface area contributed by atoms with Crippen LogP contribution in [0.2, 0.25) is 0 Å². The van der Waals surface area contributed by atoms with E-state index >= 15 is 0 Å². The van der Waals surface area contributed by atoms with E-state index in [1.165, 1.54) is 11.3 Å². The van der Waals surface area contributed by atoms with Gasteiger partial charge in [0, 0.05) is 31.7 Å². The molecule has 0 spiro atoms. The highest BCUT2D eigenvalue weighted by molar-refractivity contribution is 7.13. The molecule has 0 aliphatic carbocycles. The SMILES string of the molecule is O=C(c1sccc1-c1ccccc1)N1CCN(Cc2nc(-c3cccs3)no2)CC1. The summed E-state index contributed by atoms with van der Waals surface area (Å²) in [6.45, 7) is 3.56. The molecule has 0 radical (unpaired) electrons. The van der Waals surface area contributed by atoms with E-state index in [4.69, 9.17) is 4.52 Å². The number of aromatic nitrogens is 2. The third-order valence-corrected chi connectivity index (χ3v) is 6.94. The Balaban J connectivity index is 1.21. The Kier molecular flexibility index (Phi) is 5.44. The van der Waals surface area contributed by atoms with Crippen molar-refractivity contribution in [3.05, 3.63) is 70.1 Å². The first-order valence-electron chi connectivity index (χ1n) is 9.79. The molecule has 1 amide bonds. The van der Waals surface area contributed by atoms with Gasteiger partial charge in [-0.2, -0.15) is 4.98 Å². The van der Waals surface area contributed by atoms with Crippen LogP contribution in [0.4, 0.5) is 0 Å². The van der Waals surface area contributed by atoms with Crippen molar-refractivity contribution in [1.82, 2.24) is 19.9 Å². The molecule has 0 atom stereocenters. The minimum Gasteiger partial charge on any atom is -0.338 e. The number of benzene rings is 1. The van der Waals surface area contributed by atoms with Crippen LogP contribution in [0.1, 0.15) is 15.6 Å². The smallest absolute Gasteiger partial charge is 0.264 e. The van der Waals surface area contributed by atoms with Gasteiger partial charge in [-0.05, 0) is 28.5 Å². The molecular weight excluding hydrogens is 416 g/mol. The molecule has 0 N–H and O–H groups in total. The number of amides is 1. The van der Waals surface area contributed by atoms with Crippen LogP contribution in [0.25, 0.3) is 21.8 Å². The van der Waals surface area contributed by atoms with E-state index in [9.17, 15) is 4.79 Å². The van der Waals surface area contributed by atoms with E-state index in [0.717, 1.165) is 34.0 Å². The van der Waals surface area contributed by atoms with E-state index < -0.39 is 0 Å². The van der Waals surface area contributed by atoms with E-state index in [-0.39, 0.29) is 5.91 Å². The molecule has 152 valence electrons. The standard InChI is InChI=1S/C22H20N4O2S2/c27-22(20-17(8-14-30-20)16-5-2-1-3-6-16)26-11-9-25(10-12-26)15-19-23-21(24-28-19)18-7-4-13-29-18/h1-8,13-14H,9-12,15H2. The summed E-state index contributed by atoms with van der Waals surface area (Å²) >= 11 is 3.11. The second-order valence-electron chi connectivity index (χ2n) is 7.09. The van der Waals surface area contributed by atoms with Crippen LogP contribution in [0.15, 0.2) is 63.8 Å². The zero-order valence-corrected chi connectivity index (χ0v) is 17.9. The molecule has 4 heterocycles. The first-order chi connectivity index (χ1) is 14.8. The van der Waals surface area contributed by atoms with Crippen molar-refractivity contribution in [2.75, 3.05) is 26.2 Å². The maximum Gasteiger partial charge on any atom is 0.264 e. The van der Waals surface area contributed by atoms with Crippen LogP contribution < -0.4 is 0 Å². The maximum atomic E-state index is 13.1. The topological polar surface area (TPSA) is 62.5 Å². The summed E-state index contributed by atoms with van der Waals surface area (Å²) < 4.78 is 5.41. The number of carbonyl (C=O) groups is 1. The van der Waals surface area contributed by atoms with E-state index in [1.54, 1.807) is 11.3 Å². The lowest BCUT2D eigenvalue weighted by atomic mass is 10.1. The summed E-state index contributed by atoms with van der Waals surface area (Å²) in [6, 6.07) is 16.1. The molecule has 1 fully saturated rings. The van der Waals surface area contributed by atoms with Gasteiger partial charge in [0.2, 0.25) is 11.7 Å². The van der Waals surface area contributed by atoms with Gasteiger partial charge in [0.05, 0.1) is 16.3 Å². The Morgan fingerprint density at radius 3 is 2.57 bits per heavy atom. The van der Waals surface area contributed by atoms with Crippen LogP contribution in [0.3, 0.4) is 0 Å². The molecule has 30 heavy (non-hydrogen) atoms. The van der Waals surface area contributed by atoms with Crippen molar-refractivity contribution in [3.63, 3.8) is 0 Å². The lowest BCUT2D eigenvalue weighted by molar-refractivity contribution is 0.0620. The zero-order chi connectivity index (χ0) is 20.3. The molecule has 3 aromatic heterocycles. The summed E-state index contributed by atoms with van der Waals surface area (Å²) in [7, 11) is 0. The Hall–Kier alpha value is -2.81. The number of thiophene rings is 2. The van der Waals surface area contributed by atoms with Crippen molar-refractivity contribution in [1.29, 1.82) is 0 Å². The Labute approximate surface area is 182 Å². The molecule has 0 unspecified atom stereocenters. The van der Waals surface area contributed by atoms with Crippen molar-refractivity contribution in [2.24, 2.45) is 0 Å². The van der Waals surface area contributed by atoms with Gasteiger partial charge in [-0.25, -0.2) is 0 Å². The molecule has 4 aromatic rings. The lowest BCUT2D eigenvalue weighted by Crippen LogP contribution is -2.48. The molecule has 1 aromatic carbocycles. The van der Waals surface area contributed by atoms with Gasteiger partial charge >= 0.3 is 0 Å². The molecule has 5 rings (SSSR count). The Morgan fingerprint density at radius 1 is 0.967 bits per heavy atom. The monoisotopic (exact) mass is 436 g/mol. The maximum absolute atomic E-state index is 13.1. The first-order valence-corrected chi connectivity index (χ1v) is 11.5. The van der Waals surface area contributed by atoms with Crippen LogP contribution in [-0.4, -0.2) is 52.0 Å². The Morgan fingerprint density at radius 2 is 1.80 bits per heavy atom. The largest absolute Gasteiger partial charge is 0.338 e. The highest BCUT2D eigenvalue weighted by Gasteiger charge is 2.26. The molecule has 1 aliphatic rings. The van der Waals surface area contributed by atoms with Crippen LogP contribution in [0.5, 0.6) is 0 Å². The fourth-order valence-electron chi connectivity index (χ4n) is 3.59. The van der Waals surface area contributed by atoms with Crippen molar-refractivity contribution >= 4 is 28.6 Å². The normalized spacial score (nSPS) is 14.9. The fraction of sp³-hybridized carbons (Fsp3) is 0.227. The average Bonchev–Trinajstić information content (AvgIpc) is 3.55. The second kappa shape index (κ2) is 8.51. The Bertz CT molecular complexity index is 1110. The number of carbonyl (C=O) groups excluding carboxylic acids is 1. The number of piperazine rings is 1. The summed E-state index contributed by atoms with van der Waals surface area (Å²) in [5.74, 6) is 1.36. The highest BCUT2D eigenvalue weighted by Crippen LogP contribution is 2.29. The van der Waals surface area contributed by atoms with Crippen molar-refractivity contribution < 1.29 is 9.32 Å². The third kappa shape index (κ3) is 3.94. The minimum atomic E-state index is 0.112. The van der Waals surface area contributed by atoms with Gasteiger partial charge in [0.1, 0.15) is 0 Å². The van der Waals surface area contributed by atoms with Gasteiger partial charge in [-0.15, -0.1) is 22.7 Å². The van der Waals surface area contributed by atoms with Crippen molar-refractivity contribution in [2.45, 2.75) is 6.54 Å². The number of nitrogens with zero attached hydrogens (tertiary/aromatic N) is 4. The molecule has 0 bridgehead atoms. The van der Waals surface area contributed by atoms with E-state index in [0.29, 0.717) is 31.3 Å². The predicted octanol–water partition coefficient (Wildman–Crippen LogP) is 4.48. The average molecular weight is 437 g/mol. The summed E-state index contributed by atoms with van der Waals surface area (Å²) in [5.41, 5.74) is 2.10. The van der Waals surface area contributed by atoms with Crippen LogP contribution in [-0.2, 0) is 6.54 Å². The quantitative estimate of drug-likeness (QED) is 0.461. The van der Waals surface area contributed by atoms with Gasteiger partial charge in [-0.1, -0.05) is 41.6 Å². The summed E-state index contributed by atoms with van der Waals surface area (Å²) in [5, 5.41) is 8.07. The molecular formula is C22H20N4O2S2. The van der Waals surface area contributed by atoms with Gasteiger partial charge < -0.3 is 9.42 Å². The van der Waals surface area contributed by atoms with Crippen LogP contribution in [0, 0.1) is 0 Å². The fourth-order valence-corrected chi connectivity index (χ4v) is 5.12. The molecule has 1 aliphatic heterocycles. The number of hydrogen-bond donors (Lipinski definition) is 0. The summed E-state index contributed by atoms with van der Waals surface area (Å²) in [4.78, 5) is 23.6. The lowest BCUT2D eigenvalue weighted by Gasteiger charge is -2.33. The third-order valence-electron chi connectivity index (χ3n) is 5.17. The summed E-state index contributed by atoms with van der Waals surface area (Å²) in [6.07, 6.45) is 0. The minimum absolute atomic E-state index is 0.112. The predicted molar refractivity (Wildman–Crippen MR) is 119 cm³/mol. The molecule has 8 heteroatoms. The van der Waals surface area contributed by atoms with Gasteiger partial charge in [0.25, 0.3) is 5.91 Å². The van der Waals surface area contributed by atoms with E-state index in [1.807, 2.05) is 64.2 Å². The second-order valence-corrected chi connectivity index (χ2v) is 8.95.